The average Bonchev–Trinajstić information content (AvgIpc) is 2.84. The minimum atomic E-state index is -0.0513. The molecule has 2 aromatic carbocycles. The van der Waals surface area contributed by atoms with Crippen molar-refractivity contribution in [1.29, 1.82) is 0 Å². The van der Waals surface area contributed by atoms with E-state index in [1.165, 1.54) is 0 Å². The van der Waals surface area contributed by atoms with Gasteiger partial charge in [0, 0.05) is 38.4 Å². The zero-order valence-electron chi connectivity index (χ0n) is 19.9. The van der Waals surface area contributed by atoms with Crippen LogP contribution in [0, 0.1) is 0 Å². The normalized spacial score (nSPS) is 10.8. The zero-order chi connectivity index (χ0) is 23.0. The first-order valence-electron chi connectivity index (χ1n) is 11.3. The van der Waals surface area contributed by atoms with Crippen LogP contribution < -0.4 is 20.7 Å². The Balaban J connectivity index is 0.00000544. The number of guanidine groups is 1. The Kier molecular flexibility index (Phi) is 14.9. The van der Waals surface area contributed by atoms with Crippen molar-refractivity contribution in [3.05, 3.63) is 65.2 Å². The van der Waals surface area contributed by atoms with E-state index in [1.807, 2.05) is 62.4 Å². The Hall–Kier alpha value is -2.33. The summed E-state index contributed by atoms with van der Waals surface area (Å²) in [7, 11) is 1.66. The third kappa shape index (κ3) is 11.4. The molecule has 1 amide bonds. The topological polar surface area (TPSA) is 84.0 Å². The molecule has 0 radical (unpaired) electrons. The van der Waals surface area contributed by atoms with Gasteiger partial charge in [0.25, 0.3) is 5.91 Å². The SMILES string of the molecule is CCCNC(=O)c1cccc(CN=C(NCCCOCC)NCc2ccc(OC)cc2)c1.I. The summed E-state index contributed by atoms with van der Waals surface area (Å²) in [6.07, 6.45) is 1.80. The highest BCUT2D eigenvalue weighted by Crippen LogP contribution is 2.11. The number of nitrogens with zero attached hydrogens (tertiary/aromatic N) is 1. The maximum Gasteiger partial charge on any atom is 0.251 e. The molecule has 0 saturated heterocycles. The van der Waals surface area contributed by atoms with Crippen LogP contribution in [0.3, 0.4) is 0 Å². The number of aliphatic imine (C=N–C) groups is 1. The molecule has 0 aromatic heterocycles. The average molecular weight is 569 g/mol. The van der Waals surface area contributed by atoms with E-state index in [2.05, 4.69) is 16.0 Å². The minimum absolute atomic E-state index is 0. The number of benzene rings is 2. The zero-order valence-corrected chi connectivity index (χ0v) is 22.2. The number of carbonyl (C=O) groups excluding carboxylic acids is 1. The number of ether oxygens (including phenoxy) is 2. The van der Waals surface area contributed by atoms with Crippen molar-refractivity contribution in [2.45, 2.75) is 39.8 Å². The molecule has 0 saturated carbocycles. The lowest BCUT2D eigenvalue weighted by Gasteiger charge is -2.13. The second-order valence-electron chi connectivity index (χ2n) is 7.30. The lowest BCUT2D eigenvalue weighted by Crippen LogP contribution is -2.37. The van der Waals surface area contributed by atoms with Crippen molar-refractivity contribution >= 4 is 35.8 Å². The number of hydrogen-bond donors (Lipinski definition) is 3. The fourth-order valence-corrected chi connectivity index (χ4v) is 2.95. The fourth-order valence-electron chi connectivity index (χ4n) is 2.95. The minimum Gasteiger partial charge on any atom is -0.497 e. The molecule has 3 N–H and O–H groups in total. The molecular formula is C25H37IN4O3. The number of hydrogen-bond acceptors (Lipinski definition) is 4. The summed E-state index contributed by atoms with van der Waals surface area (Å²) in [5, 5.41) is 9.65. The summed E-state index contributed by atoms with van der Waals surface area (Å²) >= 11 is 0. The number of halogens is 1. The van der Waals surface area contributed by atoms with Crippen LogP contribution in [-0.4, -0.2) is 45.3 Å². The number of nitrogens with one attached hydrogen (secondary N) is 3. The van der Waals surface area contributed by atoms with E-state index in [0.29, 0.717) is 31.8 Å². The van der Waals surface area contributed by atoms with E-state index >= 15 is 0 Å². The summed E-state index contributed by atoms with van der Waals surface area (Å²) in [5.74, 6) is 1.50. The van der Waals surface area contributed by atoms with Crippen LogP contribution >= 0.6 is 24.0 Å². The lowest BCUT2D eigenvalue weighted by atomic mass is 10.1. The molecule has 0 aliphatic heterocycles. The highest BCUT2D eigenvalue weighted by atomic mass is 127. The van der Waals surface area contributed by atoms with Gasteiger partial charge in [-0.15, -0.1) is 24.0 Å². The number of rotatable bonds is 13. The molecule has 0 aliphatic carbocycles. The van der Waals surface area contributed by atoms with Gasteiger partial charge < -0.3 is 25.4 Å². The van der Waals surface area contributed by atoms with E-state index in [4.69, 9.17) is 14.5 Å². The van der Waals surface area contributed by atoms with E-state index in [1.54, 1.807) is 7.11 Å². The summed E-state index contributed by atoms with van der Waals surface area (Å²) < 4.78 is 10.6. The predicted molar refractivity (Wildman–Crippen MR) is 145 cm³/mol. The van der Waals surface area contributed by atoms with E-state index in [-0.39, 0.29) is 29.9 Å². The second-order valence-corrected chi connectivity index (χ2v) is 7.30. The van der Waals surface area contributed by atoms with Crippen molar-refractivity contribution in [2.24, 2.45) is 4.99 Å². The molecule has 0 unspecified atom stereocenters. The predicted octanol–water partition coefficient (Wildman–Crippen LogP) is 4.12. The molecule has 7 nitrogen and oxygen atoms in total. The van der Waals surface area contributed by atoms with Gasteiger partial charge >= 0.3 is 0 Å². The Morgan fingerprint density at radius 1 is 0.970 bits per heavy atom. The van der Waals surface area contributed by atoms with E-state index in [9.17, 15) is 4.79 Å². The Labute approximate surface area is 214 Å². The fraction of sp³-hybridized carbons (Fsp3) is 0.440. The van der Waals surface area contributed by atoms with E-state index in [0.717, 1.165) is 48.8 Å². The molecule has 33 heavy (non-hydrogen) atoms. The third-order valence-corrected chi connectivity index (χ3v) is 4.73. The van der Waals surface area contributed by atoms with Crippen LogP contribution in [0.5, 0.6) is 5.75 Å². The van der Waals surface area contributed by atoms with Gasteiger partial charge in [0.2, 0.25) is 0 Å². The first-order chi connectivity index (χ1) is 15.7. The number of carbonyl (C=O) groups is 1. The maximum atomic E-state index is 12.2. The van der Waals surface area contributed by atoms with Crippen molar-refractivity contribution < 1.29 is 14.3 Å². The standard InChI is InChI=1S/C25H36N4O3.HI/c1-4-14-26-24(30)22-9-6-8-21(17-22)19-29-25(27-15-7-16-32-5-2)28-18-20-10-12-23(31-3)13-11-20;/h6,8-13,17H,4-5,7,14-16,18-19H2,1-3H3,(H,26,30)(H2,27,28,29);1H. The first-order valence-corrected chi connectivity index (χ1v) is 11.3. The van der Waals surface area contributed by atoms with Gasteiger partial charge in [-0.2, -0.15) is 0 Å². The highest BCUT2D eigenvalue weighted by molar-refractivity contribution is 14.0. The van der Waals surface area contributed by atoms with Gasteiger partial charge in [-0.25, -0.2) is 4.99 Å². The molecule has 2 rings (SSSR count). The van der Waals surface area contributed by atoms with Gasteiger partial charge in [-0.1, -0.05) is 31.2 Å². The van der Waals surface area contributed by atoms with Crippen LogP contribution in [-0.2, 0) is 17.8 Å². The number of amides is 1. The monoisotopic (exact) mass is 568 g/mol. The van der Waals surface area contributed by atoms with Gasteiger partial charge in [0.05, 0.1) is 13.7 Å². The van der Waals surface area contributed by atoms with E-state index < -0.39 is 0 Å². The highest BCUT2D eigenvalue weighted by Gasteiger charge is 2.06. The molecule has 2 aromatic rings. The summed E-state index contributed by atoms with van der Waals surface area (Å²) in [6.45, 7) is 8.00. The van der Waals surface area contributed by atoms with Gasteiger partial charge in [0.15, 0.2) is 5.96 Å². The first kappa shape index (κ1) is 28.7. The summed E-state index contributed by atoms with van der Waals surface area (Å²) in [5.41, 5.74) is 2.77. The molecule has 0 fully saturated rings. The largest absolute Gasteiger partial charge is 0.497 e. The van der Waals surface area contributed by atoms with Crippen molar-refractivity contribution in [3.8, 4) is 5.75 Å². The van der Waals surface area contributed by atoms with Crippen LogP contribution in [0.25, 0.3) is 0 Å². The summed E-state index contributed by atoms with van der Waals surface area (Å²) in [4.78, 5) is 17.0. The van der Waals surface area contributed by atoms with Gasteiger partial charge in [0.1, 0.15) is 5.75 Å². The molecular weight excluding hydrogens is 531 g/mol. The van der Waals surface area contributed by atoms with Crippen LogP contribution in [0.15, 0.2) is 53.5 Å². The maximum absolute atomic E-state index is 12.2. The Bertz CT molecular complexity index is 844. The summed E-state index contributed by atoms with van der Waals surface area (Å²) in [6, 6.07) is 15.5. The smallest absolute Gasteiger partial charge is 0.251 e. The number of methoxy groups -OCH3 is 1. The molecule has 8 heteroatoms. The van der Waals surface area contributed by atoms with Crippen LogP contribution in [0.2, 0.25) is 0 Å². The third-order valence-electron chi connectivity index (χ3n) is 4.73. The Morgan fingerprint density at radius 3 is 2.45 bits per heavy atom. The van der Waals surface area contributed by atoms with Crippen molar-refractivity contribution in [3.63, 3.8) is 0 Å². The van der Waals surface area contributed by atoms with Crippen LogP contribution in [0.4, 0.5) is 0 Å². The molecule has 182 valence electrons. The molecule has 0 bridgehead atoms. The van der Waals surface area contributed by atoms with Gasteiger partial charge in [-0.3, -0.25) is 4.79 Å². The Morgan fingerprint density at radius 2 is 1.76 bits per heavy atom. The molecule has 0 aliphatic rings. The quantitative estimate of drug-likeness (QED) is 0.147. The van der Waals surface area contributed by atoms with Gasteiger partial charge in [-0.05, 0) is 55.2 Å². The van der Waals surface area contributed by atoms with Crippen LogP contribution in [0.1, 0.15) is 48.2 Å². The molecule has 0 atom stereocenters. The lowest BCUT2D eigenvalue weighted by molar-refractivity contribution is 0.0953. The molecule has 0 spiro atoms. The van der Waals surface area contributed by atoms with Crippen molar-refractivity contribution in [2.75, 3.05) is 33.4 Å². The van der Waals surface area contributed by atoms with Crippen molar-refractivity contribution in [1.82, 2.24) is 16.0 Å². The second kappa shape index (κ2) is 17.2. The molecule has 0 heterocycles.